The predicted octanol–water partition coefficient (Wildman–Crippen LogP) is 4.92. The number of thioether (sulfide) groups is 1. The van der Waals surface area contributed by atoms with Crippen LogP contribution >= 0.6 is 39.0 Å². The summed E-state index contributed by atoms with van der Waals surface area (Å²) in [4.78, 5) is 18.4. The summed E-state index contributed by atoms with van der Waals surface area (Å²) in [5, 5.41) is 3.82. The molecule has 0 saturated carbocycles. The molecule has 124 valence electrons. The summed E-state index contributed by atoms with van der Waals surface area (Å²) in [5.74, 6) is 1.19. The maximum Gasteiger partial charge on any atom is 0.233 e. The Kier molecular flexibility index (Phi) is 5.76. The number of amides is 1. The number of hydrogen-bond donors (Lipinski definition) is 0. The number of carbonyl (C=O) groups excluding carboxylic acids is 1. The minimum Gasteiger partial charge on any atom is -0.467 e. The molecule has 0 fully saturated rings. The minimum absolute atomic E-state index is 0.0505. The lowest BCUT2D eigenvalue weighted by molar-refractivity contribution is -0.127. The van der Waals surface area contributed by atoms with Crippen LogP contribution in [0.3, 0.4) is 0 Å². The van der Waals surface area contributed by atoms with E-state index in [9.17, 15) is 4.79 Å². The van der Waals surface area contributed by atoms with E-state index in [1.165, 1.54) is 11.8 Å². The van der Waals surface area contributed by atoms with E-state index in [0.717, 1.165) is 25.8 Å². The van der Waals surface area contributed by atoms with Crippen LogP contribution in [0.1, 0.15) is 5.76 Å². The first-order valence-corrected chi connectivity index (χ1v) is 9.88. The van der Waals surface area contributed by atoms with Crippen molar-refractivity contribution < 1.29 is 9.21 Å². The molecule has 0 aliphatic carbocycles. The van der Waals surface area contributed by atoms with Crippen molar-refractivity contribution >= 4 is 44.9 Å². The minimum atomic E-state index is 0.0505. The molecule has 1 aromatic carbocycles. The summed E-state index contributed by atoms with van der Waals surface area (Å²) in [7, 11) is 1.78. The first-order valence-electron chi connectivity index (χ1n) is 7.22. The number of carbonyl (C=O) groups is 1. The highest BCUT2D eigenvalue weighted by atomic mass is 79.9. The van der Waals surface area contributed by atoms with Gasteiger partial charge in [0.05, 0.1) is 18.6 Å². The van der Waals surface area contributed by atoms with Gasteiger partial charge < -0.3 is 9.32 Å². The lowest BCUT2D eigenvalue weighted by Crippen LogP contribution is -2.27. The van der Waals surface area contributed by atoms with Gasteiger partial charge in [0, 0.05) is 22.5 Å². The van der Waals surface area contributed by atoms with Crippen LogP contribution in [0.4, 0.5) is 0 Å². The number of thiazole rings is 1. The van der Waals surface area contributed by atoms with Crippen LogP contribution in [0.5, 0.6) is 0 Å². The van der Waals surface area contributed by atoms with E-state index in [2.05, 4.69) is 20.9 Å². The average Bonchev–Trinajstić information content (AvgIpc) is 3.25. The molecule has 0 saturated heterocycles. The number of aromatic nitrogens is 1. The summed E-state index contributed by atoms with van der Waals surface area (Å²) in [5.41, 5.74) is 1.08. The lowest BCUT2D eigenvalue weighted by atomic mass is 10.2. The molecule has 0 atom stereocenters. The summed E-state index contributed by atoms with van der Waals surface area (Å²) in [6.45, 7) is 0.480. The topological polar surface area (TPSA) is 46.3 Å². The molecular formula is C17H15BrN2O2S2. The van der Waals surface area contributed by atoms with Crippen molar-refractivity contribution in [3.8, 4) is 10.6 Å². The molecule has 0 unspecified atom stereocenters. The van der Waals surface area contributed by atoms with Gasteiger partial charge in [0.1, 0.15) is 15.8 Å². The first-order chi connectivity index (χ1) is 11.6. The zero-order valence-corrected chi connectivity index (χ0v) is 16.2. The van der Waals surface area contributed by atoms with Crippen molar-refractivity contribution in [3.63, 3.8) is 0 Å². The fourth-order valence-corrected chi connectivity index (χ4v) is 4.10. The van der Waals surface area contributed by atoms with Gasteiger partial charge in [-0.25, -0.2) is 4.98 Å². The Bertz CT molecular complexity index is 800. The van der Waals surface area contributed by atoms with Gasteiger partial charge in [0.25, 0.3) is 0 Å². The molecule has 1 amide bonds. The van der Waals surface area contributed by atoms with Crippen LogP contribution in [0.2, 0.25) is 0 Å². The van der Waals surface area contributed by atoms with Crippen molar-refractivity contribution in [3.05, 3.63) is 58.3 Å². The van der Waals surface area contributed by atoms with E-state index in [1.54, 1.807) is 29.5 Å². The molecule has 0 spiro atoms. The monoisotopic (exact) mass is 422 g/mol. The third kappa shape index (κ3) is 4.49. The largest absolute Gasteiger partial charge is 0.467 e. The SMILES string of the molecule is CN(Cc1ccco1)C(=O)CSc1csc(-c2ccc(Br)cc2)n1. The zero-order valence-electron chi connectivity index (χ0n) is 12.9. The van der Waals surface area contributed by atoms with Crippen molar-refractivity contribution in [2.24, 2.45) is 0 Å². The van der Waals surface area contributed by atoms with Gasteiger partial charge in [-0.2, -0.15) is 0 Å². The summed E-state index contributed by atoms with van der Waals surface area (Å²) >= 11 is 6.47. The Morgan fingerprint density at radius 2 is 2.12 bits per heavy atom. The molecule has 3 rings (SSSR count). The predicted molar refractivity (Wildman–Crippen MR) is 101 cm³/mol. The fourth-order valence-electron chi connectivity index (χ4n) is 2.02. The molecule has 24 heavy (non-hydrogen) atoms. The van der Waals surface area contributed by atoms with Crippen LogP contribution in [0.25, 0.3) is 10.6 Å². The van der Waals surface area contributed by atoms with Crippen LogP contribution < -0.4 is 0 Å². The van der Waals surface area contributed by atoms with Gasteiger partial charge in [-0.3, -0.25) is 4.79 Å². The van der Waals surface area contributed by atoms with Crippen molar-refractivity contribution in [1.82, 2.24) is 9.88 Å². The molecule has 0 radical (unpaired) electrons. The highest BCUT2D eigenvalue weighted by Gasteiger charge is 2.13. The Morgan fingerprint density at radius 1 is 1.33 bits per heavy atom. The maximum absolute atomic E-state index is 12.2. The fraction of sp³-hybridized carbons (Fsp3) is 0.176. The summed E-state index contributed by atoms with van der Waals surface area (Å²) in [6, 6.07) is 11.7. The molecule has 3 aromatic rings. The molecule has 0 N–H and O–H groups in total. The Morgan fingerprint density at radius 3 is 2.83 bits per heavy atom. The molecule has 7 heteroatoms. The van der Waals surface area contributed by atoms with E-state index in [4.69, 9.17) is 4.42 Å². The number of nitrogens with zero attached hydrogens (tertiary/aromatic N) is 2. The number of hydrogen-bond acceptors (Lipinski definition) is 5. The average molecular weight is 423 g/mol. The van der Waals surface area contributed by atoms with Crippen molar-refractivity contribution in [2.75, 3.05) is 12.8 Å². The smallest absolute Gasteiger partial charge is 0.233 e. The zero-order chi connectivity index (χ0) is 16.9. The number of furan rings is 1. The third-order valence-corrected chi connectivity index (χ3v) is 5.78. The highest BCUT2D eigenvalue weighted by Crippen LogP contribution is 2.29. The van der Waals surface area contributed by atoms with E-state index < -0.39 is 0 Å². The van der Waals surface area contributed by atoms with Gasteiger partial charge in [-0.05, 0) is 24.3 Å². The van der Waals surface area contributed by atoms with Crippen LogP contribution in [-0.4, -0.2) is 28.6 Å². The standard InChI is InChI=1S/C17H15BrN2O2S2/c1-20(9-14-3-2-8-22-14)16(21)11-23-15-10-24-17(19-15)12-4-6-13(18)7-5-12/h2-8,10H,9,11H2,1H3. The van der Waals surface area contributed by atoms with Gasteiger partial charge >= 0.3 is 0 Å². The van der Waals surface area contributed by atoms with Gasteiger partial charge in [-0.1, -0.05) is 39.8 Å². The molecule has 0 aliphatic rings. The van der Waals surface area contributed by atoms with E-state index >= 15 is 0 Å². The normalized spacial score (nSPS) is 10.8. The van der Waals surface area contributed by atoms with E-state index in [1.807, 2.05) is 41.8 Å². The van der Waals surface area contributed by atoms with Gasteiger partial charge in [0.2, 0.25) is 5.91 Å². The van der Waals surface area contributed by atoms with Crippen LogP contribution in [-0.2, 0) is 11.3 Å². The highest BCUT2D eigenvalue weighted by molar-refractivity contribution is 9.10. The first kappa shape index (κ1) is 17.3. The van der Waals surface area contributed by atoms with Crippen LogP contribution in [0.15, 0.2) is 62.0 Å². The summed E-state index contributed by atoms with van der Waals surface area (Å²) < 4.78 is 6.31. The molecule has 2 heterocycles. The second-order valence-corrected chi connectivity index (χ2v) is 7.89. The quantitative estimate of drug-likeness (QED) is 0.529. The van der Waals surface area contributed by atoms with Crippen LogP contribution in [0, 0.1) is 0 Å². The third-order valence-electron chi connectivity index (χ3n) is 3.32. The number of rotatable bonds is 6. The van der Waals surface area contributed by atoms with Gasteiger partial charge in [-0.15, -0.1) is 11.3 Å². The molecule has 4 nitrogen and oxygen atoms in total. The molecule has 0 aliphatic heterocycles. The second kappa shape index (κ2) is 8.00. The molecule has 0 bridgehead atoms. The summed E-state index contributed by atoms with van der Waals surface area (Å²) in [6.07, 6.45) is 1.61. The van der Waals surface area contributed by atoms with Gasteiger partial charge in [0.15, 0.2) is 0 Å². The molecular weight excluding hydrogens is 408 g/mol. The maximum atomic E-state index is 12.2. The number of benzene rings is 1. The second-order valence-electron chi connectivity index (χ2n) is 5.12. The van der Waals surface area contributed by atoms with Crippen molar-refractivity contribution in [1.29, 1.82) is 0 Å². The van der Waals surface area contributed by atoms with E-state index in [0.29, 0.717) is 12.3 Å². The molecule has 2 aromatic heterocycles. The lowest BCUT2D eigenvalue weighted by Gasteiger charge is -2.14. The van der Waals surface area contributed by atoms with Crippen molar-refractivity contribution in [2.45, 2.75) is 11.6 Å². The Labute approximate surface area is 157 Å². The Hall–Kier alpha value is -1.57. The van der Waals surface area contributed by atoms with E-state index in [-0.39, 0.29) is 5.91 Å². The Balaban J connectivity index is 1.55. The number of halogens is 1.